The van der Waals surface area contributed by atoms with Crippen molar-refractivity contribution in [3.05, 3.63) is 53.6 Å². The SMILES string of the molecule is CCN(CC)c1ccc(C(=O)Nc2ccc(OC)c(C(=O)N(C)C)c2)cc1. The van der Waals surface area contributed by atoms with Gasteiger partial charge in [-0.2, -0.15) is 0 Å². The summed E-state index contributed by atoms with van der Waals surface area (Å²) in [6.07, 6.45) is 0. The lowest BCUT2D eigenvalue weighted by Crippen LogP contribution is -2.23. The van der Waals surface area contributed by atoms with Crippen molar-refractivity contribution in [1.82, 2.24) is 4.90 Å². The Kier molecular flexibility index (Phi) is 6.82. The lowest BCUT2D eigenvalue weighted by atomic mass is 10.1. The van der Waals surface area contributed by atoms with E-state index in [4.69, 9.17) is 4.74 Å². The molecule has 2 rings (SSSR count). The summed E-state index contributed by atoms with van der Waals surface area (Å²) in [5, 5.41) is 2.84. The molecule has 0 atom stereocenters. The molecule has 0 bridgehead atoms. The Balaban J connectivity index is 2.20. The molecule has 6 nitrogen and oxygen atoms in total. The van der Waals surface area contributed by atoms with Gasteiger partial charge in [0, 0.05) is 44.1 Å². The second kappa shape index (κ2) is 9.07. The first-order valence-electron chi connectivity index (χ1n) is 8.97. The number of hydrogen-bond donors (Lipinski definition) is 1. The largest absolute Gasteiger partial charge is 0.496 e. The molecule has 0 radical (unpaired) electrons. The van der Waals surface area contributed by atoms with E-state index in [0.717, 1.165) is 18.8 Å². The Morgan fingerprint density at radius 3 is 2.15 bits per heavy atom. The fourth-order valence-electron chi connectivity index (χ4n) is 2.81. The van der Waals surface area contributed by atoms with Crippen LogP contribution in [0, 0.1) is 0 Å². The zero-order chi connectivity index (χ0) is 20.0. The van der Waals surface area contributed by atoms with E-state index >= 15 is 0 Å². The molecule has 27 heavy (non-hydrogen) atoms. The molecule has 2 aromatic carbocycles. The third kappa shape index (κ3) is 4.78. The van der Waals surface area contributed by atoms with Crippen molar-refractivity contribution in [1.29, 1.82) is 0 Å². The van der Waals surface area contributed by atoms with E-state index in [0.29, 0.717) is 22.6 Å². The summed E-state index contributed by atoms with van der Waals surface area (Å²) in [4.78, 5) is 28.6. The molecule has 0 saturated heterocycles. The van der Waals surface area contributed by atoms with Gasteiger partial charge in [-0.3, -0.25) is 9.59 Å². The third-order valence-corrected chi connectivity index (χ3v) is 4.35. The number of carbonyl (C=O) groups excluding carboxylic acids is 2. The lowest BCUT2D eigenvalue weighted by molar-refractivity contribution is 0.0824. The normalized spacial score (nSPS) is 10.3. The third-order valence-electron chi connectivity index (χ3n) is 4.35. The highest BCUT2D eigenvalue weighted by Gasteiger charge is 2.16. The van der Waals surface area contributed by atoms with E-state index in [2.05, 4.69) is 24.1 Å². The van der Waals surface area contributed by atoms with E-state index in [-0.39, 0.29) is 11.8 Å². The average Bonchev–Trinajstić information content (AvgIpc) is 2.68. The Bertz CT molecular complexity index is 797. The van der Waals surface area contributed by atoms with Gasteiger partial charge in [-0.1, -0.05) is 0 Å². The molecule has 6 heteroatoms. The van der Waals surface area contributed by atoms with Crippen LogP contribution in [0.5, 0.6) is 5.75 Å². The Morgan fingerprint density at radius 2 is 1.63 bits per heavy atom. The van der Waals surface area contributed by atoms with E-state index < -0.39 is 0 Å². The molecule has 0 spiro atoms. The highest BCUT2D eigenvalue weighted by atomic mass is 16.5. The molecule has 1 N–H and O–H groups in total. The molecule has 0 aliphatic carbocycles. The van der Waals surface area contributed by atoms with Crippen LogP contribution < -0.4 is 15.0 Å². The predicted octanol–water partition coefficient (Wildman–Crippen LogP) is 3.50. The van der Waals surface area contributed by atoms with Crippen molar-refractivity contribution in [2.45, 2.75) is 13.8 Å². The van der Waals surface area contributed by atoms with Crippen LogP contribution in [-0.4, -0.2) is 51.0 Å². The van der Waals surface area contributed by atoms with Crippen LogP contribution in [0.1, 0.15) is 34.6 Å². The monoisotopic (exact) mass is 369 g/mol. The Morgan fingerprint density at radius 1 is 1.00 bits per heavy atom. The summed E-state index contributed by atoms with van der Waals surface area (Å²) >= 11 is 0. The standard InChI is InChI=1S/C21H27N3O3/c1-6-24(7-2)17-11-8-15(9-12-17)20(25)22-16-10-13-19(27-5)18(14-16)21(26)23(3)4/h8-14H,6-7H2,1-5H3,(H,22,25). The summed E-state index contributed by atoms with van der Waals surface area (Å²) in [5.74, 6) is 0.0521. The van der Waals surface area contributed by atoms with E-state index in [1.54, 1.807) is 44.4 Å². The number of hydrogen-bond acceptors (Lipinski definition) is 4. The first-order valence-corrected chi connectivity index (χ1v) is 8.97. The first kappa shape index (κ1) is 20.3. The van der Waals surface area contributed by atoms with Crippen molar-refractivity contribution >= 4 is 23.2 Å². The van der Waals surface area contributed by atoms with Crippen LogP contribution in [0.3, 0.4) is 0 Å². The summed E-state index contributed by atoms with van der Waals surface area (Å²) in [6.45, 7) is 6.02. The molecule has 2 aromatic rings. The molecule has 2 amide bonds. The summed E-state index contributed by atoms with van der Waals surface area (Å²) < 4.78 is 5.25. The first-order chi connectivity index (χ1) is 12.9. The summed E-state index contributed by atoms with van der Waals surface area (Å²) in [7, 11) is 4.85. The molecular weight excluding hydrogens is 342 g/mol. The van der Waals surface area contributed by atoms with Gasteiger partial charge in [-0.15, -0.1) is 0 Å². The predicted molar refractivity (Wildman–Crippen MR) is 109 cm³/mol. The van der Waals surface area contributed by atoms with E-state index in [1.165, 1.54) is 12.0 Å². The number of nitrogens with zero attached hydrogens (tertiary/aromatic N) is 2. The minimum absolute atomic E-state index is 0.188. The van der Waals surface area contributed by atoms with Crippen molar-refractivity contribution in [3.63, 3.8) is 0 Å². The van der Waals surface area contributed by atoms with Crippen LogP contribution in [0.25, 0.3) is 0 Å². The highest BCUT2D eigenvalue weighted by molar-refractivity contribution is 6.05. The molecule has 0 aliphatic rings. The molecule has 0 aromatic heterocycles. The van der Waals surface area contributed by atoms with E-state index in [9.17, 15) is 9.59 Å². The highest BCUT2D eigenvalue weighted by Crippen LogP contribution is 2.24. The lowest BCUT2D eigenvalue weighted by Gasteiger charge is -2.21. The van der Waals surface area contributed by atoms with Crippen molar-refractivity contribution in [2.24, 2.45) is 0 Å². The Hall–Kier alpha value is -3.02. The number of ether oxygens (including phenoxy) is 1. The molecule has 0 saturated carbocycles. The number of benzene rings is 2. The second-order valence-electron chi connectivity index (χ2n) is 6.29. The maximum atomic E-state index is 12.6. The quantitative estimate of drug-likeness (QED) is 0.811. The minimum atomic E-state index is -0.227. The van der Waals surface area contributed by atoms with Crippen LogP contribution in [-0.2, 0) is 0 Å². The second-order valence-corrected chi connectivity index (χ2v) is 6.29. The van der Waals surface area contributed by atoms with Gasteiger partial charge >= 0.3 is 0 Å². The van der Waals surface area contributed by atoms with Gasteiger partial charge in [-0.05, 0) is 56.3 Å². The van der Waals surface area contributed by atoms with Crippen LogP contribution in [0.2, 0.25) is 0 Å². The van der Waals surface area contributed by atoms with Crippen molar-refractivity contribution in [3.8, 4) is 5.75 Å². The van der Waals surface area contributed by atoms with Gasteiger partial charge in [0.15, 0.2) is 0 Å². The van der Waals surface area contributed by atoms with Gasteiger partial charge in [0.1, 0.15) is 5.75 Å². The number of nitrogens with one attached hydrogen (secondary N) is 1. The minimum Gasteiger partial charge on any atom is -0.496 e. The smallest absolute Gasteiger partial charge is 0.257 e. The van der Waals surface area contributed by atoms with Crippen molar-refractivity contribution in [2.75, 3.05) is 44.5 Å². The van der Waals surface area contributed by atoms with Gasteiger partial charge in [-0.25, -0.2) is 0 Å². The maximum absolute atomic E-state index is 12.6. The number of rotatable bonds is 7. The number of anilines is 2. The molecular formula is C21H27N3O3. The molecule has 0 fully saturated rings. The maximum Gasteiger partial charge on any atom is 0.257 e. The van der Waals surface area contributed by atoms with Crippen LogP contribution in [0.15, 0.2) is 42.5 Å². The van der Waals surface area contributed by atoms with Crippen molar-refractivity contribution < 1.29 is 14.3 Å². The molecule has 0 aliphatic heterocycles. The summed E-state index contributed by atoms with van der Waals surface area (Å²) in [5.41, 5.74) is 2.58. The Labute approximate surface area is 160 Å². The van der Waals surface area contributed by atoms with Gasteiger partial charge < -0.3 is 19.9 Å². The van der Waals surface area contributed by atoms with Gasteiger partial charge in [0.05, 0.1) is 12.7 Å². The number of methoxy groups -OCH3 is 1. The average molecular weight is 369 g/mol. The topological polar surface area (TPSA) is 61.9 Å². The fourth-order valence-corrected chi connectivity index (χ4v) is 2.81. The zero-order valence-electron chi connectivity index (χ0n) is 16.6. The molecule has 144 valence electrons. The summed E-state index contributed by atoms with van der Waals surface area (Å²) in [6, 6.07) is 12.5. The number of amides is 2. The van der Waals surface area contributed by atoms with Crippen LogP contribution >= 0.6 is 0 Å². The van der Waals surface area contributed by atoms with E-state index in [1.807, 2.05) is 12.1 Å². The number of carbonyl (C=O) groups is 2. The zero-order valence-corrected chi connectivity index (χ0v) is 16.6. The van der Waals surface area contributed by atoms with Gasteiger partial charge in [0.2, 0.25) is 0 Å². The fraction of sp³-hybridized carbons (Fsp3) is 0.333. The van der Waals surface area contributed by atoms with Crippen LogP contribution in [0.4, 0.5) is 11.4 Å². The van der Waals surface area contributed by atoms with Gasteiger partial charge in [0.25, 0.3) is 11.8 Å². The molecule has 0 heterocycles. The molecule has 0 unspecified atom stereocenters.